The number of hydrogen-bond acceptors (Lipinski definition) is 2. The second-order valence-electron chi connectivity index (χ2n) is 6.01. The maximum atomic E-state index is 2.68. The SMILES string of the molecule is CC(C)(C)N1CCN(C(C)(C)C)[SiH2]1. The third-order valence-electron chi connectivity index (χ3n) is 2.88. The average molecular weight is 200 g/mol. The smallest absolute Gasteiger partial charge is 0.173 e. The average Bonchev–Trinajstić information content (AvgIpc) is 2.28. The molecule has 1 heterocycles. The number of nitrogens with zero attached hydrogens (tertiary/aromatic N) is 2. The summed E-state index contributed by atoms with van der Waals surface area (Å²) in [5.41, 5.74) is 0.762. The van der Waals surface area contributed by atoms with Crippen molar-refractivity contribution in [2.45, 2.75) is 52.6 Å². The second kappa shape index (κ2) is 3.37. The fraction of sp³-hybridized carbons (Fsp3) is 1.00. The zero-order valence-corrected chi connectivity index (χ0v) is 11.4. The maximum absolute atomic E-state index is 2.68. The first-order chi connectivity index (χ1) is 5.71. The Balaban J connectivity index is 2.55. The van der Waals surface area contributed by atoms with Crippen LogP contribution in [0.1, 0.15) is 41.5 Å². The largest absolute Gasteiger partial charge is 0.311 e. The fourth-order valence-corrected chi connectivity index (χ4v) is 3.51. The van der Waals surface area contributed by atoms with E-state index >= 15 is 0 Å². The van der Waals surface area contributed by atoms with Crippen molar-refractivity contribution in [2.24, 2.45) is 0 Å². The van der Waals surface area contributed by atoms with Gasteiger partial charge in [-0.15, -0.1) is 0 Å². The Morgan fingerprint density at radius 3 is 1.23 bits per heavy atom. The van der Waals surface area contributed by atoms with Crippen LogP contribution in [-0.2, 0) is 0 Å². The molecule has 0 N–H and O–H groups in total. The van der Waals surface area contributed by atoms with E-state index in [0.29, 0.717) is 11.1 Å². The van der Waals surface area contributed by atoms with Gasteiger partial charge in [0.05, 0.1) is 0 Å². The molecule has 0 radical (unpaired) electrons. The predicted molar refractivity (Wildman–Crippen MR) is 61.5 cm³/mol. The molecule has 0 saturated carbocycles. The molecule has 1 rings (SSSR count). The van der Waals surface area contributed by atoms with Crippen LogP contribution in [0.4, 0.5) is 0 Å². The monoisotopic (exact) mass is 200 g/mol. The molecule has 0 spiro atoms. The van der Waals surface area contributed by atoms with Crippen molar-refractivity contribution in [3.8, 4) is 0 Å². The summed E-state index contributed by atoms with van der Waals surface area (Å²) >= 11 is 0. The summed E-state index contributed by atoms with van der Waals surface area (Å²) in [7, 11) is -0.171. The first kappa shape index (κ1) is 11.2. The summed E-state index contributed by atoms with van der Waals surface area (Å²) in [6.45, 7) is 16.5. The summed E-state index contributed by atoms with van der Waals surface area (Å²) in [6, 6.07) is 0. The van der Waals surface area contributed by atoms with Crippen LogP contribution in [0.15, 0.2) is 0 Å². The lowest BCUT2D eigenvalue weighted by Crippen LogP contribution is -2.47. The van der Waals surface area contributed by atoms with Gasteiger partial charge in [0, 0.05) is 24.2 Å². The van der Waals surface area contributed by atoms with E-state index in [0.717, 1.165) is 0 Å². The molecule has 0 unspecified atom stereocenters. The molecule has 0 amide bonds. The van der Waals surface area contributed by atoms with Crippen LogP contribution in [0.25, 0.3) is 0 Å². The Morgan fingerprint density at radius 1 is 0.769 bits per heavy atom. The van der Waals surface area contributed by atoms with Gasteiger partial charge in [0.2, 0.25) is 0 Å². The van der Waals surface area contributed by atoms with Gasteiger partial charge in [0.25, 0.3) is 0 Å². The van der Waals surface area contributed by atoms with Crippen LogP contribution in [0.3, 0.4) is 0 Å². The molecule has 1 aliphatic rings. The summed E-state index contributed by atoms with van der Waals surface area (Å²) in [5.74, 6) is 0. The first-order valence-corrected chi connectivity index (χ1v) is 6.48. The van der Waals surface area contributed by atoms with Crippen LogP contribution in [-0.4, -0.2) is 43.1 Å². The molecule has 78 valence electrons. The van der Waals surface area contributed by atoms with E-state index in [1.807, 2.05) is 0 Å². The molecule has 1 saturated heterocycles. The van der Waals surface area contributed by atoms with Gasteiger partial charge >= 0.3 is 0 Å². The van der Waals surface area contributed by atoms with Gasteiger partial charge < -0.3 is 9.13 Å². The summed E-state index contributed by atoms with van der Waals surface area (Å²) in [5, 5.41) is 0. The standard InChI is InChI=1S/C10H24N2Si/c1-9(2,3)11-7-8-12(13-11)10(4,5)6/h7-8,13H2,1-6H3. The molecule has 0 aromatic carbocycles. The molecule has 1 aliphatic heterocycles. The lowest BCUT2D eigenvalue weighted by atomic mass is 10.1. The van der Waals surface area contributed by atoms with Crippen molar-refractivity contribution in [2.75, 3.05) is 13.1 Å². The lowest BCUT2D eigenvalue weighted by molar-refractivity contribution is 0.271. The van der Waals surface area contributed by atoms with Crippen molar-refractivity contribution in [3.05, 3.63) is 0 Å². The van der Waals surface area contributed by atoms with Gasteiger partial charge in [-0.2, -0.15) is 0 Å². The minimum Gasteiger partial charge on any atom is -0.311 e. The molecule has 3 heteroatoms. The Morgan fingerprint density at radius 2 is 1.08 bits per heavy atom. The Hall–Kier alpha value is 0.137. The van der Waals surface area contributed by atoms with Gasteiger partial charge in [-0.05, 0) is 41.5 Å². The van der Waals surface area contributed by atoms with Crippen molar-refractivity contribution < 1.29 is 0 Å². The fourth-order valence-electron chi connectivity index (χ4n) is 1.68. The quantitative estimate of drug-likeness (QED) is 0.542. The Bertz CT molecular complexity index is 158. The normalized spacial score (nSPS) is 22.6. The second-order valence-corrected chi connectivity index (χ2v) is 7.82. The minimum absolute atomic E-state index is 0.171. The van der Waals surface area contributed by atoms with Crippen LogP contribution in [0, 0.1) is 0 Å². The third-order valence-corrected chi connectivity index (χ3v) is 6.09. The van der Waals surface area contributed by atoms with Gasteiger partial charge in [-0.3, -0.25) is 0 Å². The molecule has 13 heavy (non-hydrogen) atoms. The van der Waals surface area contributed by atoms with E-state index in [-0.39, 0.29) is 9.84 Å². The number of hydrogen-bond donors (Lipinski definition) is 0. The summed E-state index contributed by atoms with van der Waals surface area (Å²) in [4.78, 5) is 0. The summed E-state index contributed by atoms with van der Waals surface area (Å²) in [6.07, 6.45) is 0. The first-order valence-electron chi connectivity index (χ1n) is 5.21. The van der Waals surface area contributed by atoms with Crippen molar-refractivity contribution in [1.29, 1.82) is 0 Å². The van der Waals surface area contributed by atoms with E-state index < -0.39 is 0 Å². The van der Waals surface area contributed by atoms with Crippen molar-refractivity contribution in [1.82, 2.24) is 9.13 Å². The van der Waals surface area contributed by atoms with Crippen LogP contribution in [0.2, 0.25) is 0 Å². The Kier molecular flexibility index (Phi) is 2.91. The van der Waals surface area contributed by atoms with Gasteiger partial charge in [-0.1, -0.05) is 0 Å². The highest BCUT2D eigenvalue weighted by Gasteiger charge is 2.33. The maximum Gasteiger partial charge on any atom is 0.173 e. The highest BCUT2D eigenvalue weighted by atomic mass is 28.2. The van der Waals surface area contributed by atoms with Gasteiger partial charge in [-0.25, -0.2) is 0 Å². The van der Waals surface area contributed by atoms with E-state index in [2.05, 4.69) is 50.7 Å². The van der Waals surface area contributed by atoms with E-state index in [9.17, 15) is 0 Å². The molecule has 2 nitrogen and oxygen atoms in total. The summed E-state index contributed by atoms with van der Waals surface area (Å²) < 4.78 is 5.36. The van der Waals surface area contributed by atoms with Crippen LogP contribution in [0.5, 0.6) is 0 Å². The topological polar surface area (TPSA) is 6.48 Å². The molecular weight excluding hydrogens is 176 g/mol. The Labute approximate surface area is 85.3 Å². The molecule has 0 aromatic heterocycles. The van der Waals surface area contributed by atoms with E-state index in [4.69, 9.17) is 0 Å². The highest BCUT2D eigenvalue weighted by Crippen LogP contribution is 2.22. The van der Waals surface area contributed by atoms with Crippen molar-refractivity contribution in [3.63, 3.8) is 0 Å². The van der Waals surface area contributed by atoms with Crippen molar-refractivity contribution >= 4 is 9.84 Å². The number of rotatable bonds is 0. The molecule has 0 aromatic rings. The van der Waals surface area contributed by atoms with E-state index in [1.165, 1.54) is 13.1 Å². The third kappa shape index (κ3) is 2.79. The van der Waals surface area contributed by atoms with Crippen LogP contribution >= 0.6 is 0 Å². The minimum atomic E-state index is -0.171. The van der Waals surface area contributed by atoms with E-state index in [1.54, 1.807) is 0 Å². The lowest BCUT2D eigenvalue weighted by Gasteiger charge is -2.35. The zero-order chi connectivity index (χ0) is 10.3. The zero-order valence-electron chi connectivity index (χ0n) is 10.0. The highest BCUT2D eigenvalue weighted by molar-refractivity contribution is 6.30. The molecular formula is C10H24N2Si. The molecule has 0 atom stereocenters. The van der Waals surface area contributed by atoms with Crippen LogP contribution < -0.4 is 0 Å². The molecule has 0 aliphatic carbocycles. The van der Waals surface area contributed by atoms with Gasteiger partial charge in [0.1, 0.15) is 0 Å². The molecule has 1 fully saturated rings. The predicted octanol–water partition coefficient (Wildman–Crippen LogP) is 1.20. The van der Waals surface area contributed by atoms with Gasteiger partial charge in [0.15, 0.2) is 9.84 Å². The molecule has 0 bridgehead atoms.